The van der Waals surface area contributed by atoms with E-state index in [4.69, 9.17) is 5.11 Å². The second kappa shape index (κ2) is 5.07. The maximum absolute atomic E-state index is 11.4. The van der Waals surface area contributed by atoms with Gasteiger partial charge in [-0.25, -0.2) is 4.79 Å². The summed E-state index contributed by atoms with van der Waals surface area (Å²) >= 11 is 0. The van der Waals surface area contributed by atoms with Gasteiger partial charge in [0, 0.05) is 25.7 Å². The Labute approximate surface area is 78.9 Å². The van der Waals surface area contributed by atoms with E-state index < -0.39 is 0 Å². The number of rotatable bonds is 4. The van der Waals surface area contributed by atoms with Crippen LogP contribution in [0.4, 0.5) is 4.79 Å². The smallest absolute Gasteiger partial charge is 0.317 e. The lowest BCUT2D eigenvalue weighted by molar-refractivity contribution is 0.142. The lowest BCUT2D eigenvalue weighted by Gasteiger charge is -2.34. The van der Waals surface area contributed by atoms with Crippen LogP contribution >= 0.6 is 0 Å². The number of aliphatic hydroxyl groups excluding tert-OH is 1. The van der Waals surface area contributed by atoms with Crippen LogP contribution in [-0.4, -0.2) is 41.8 Å². The summed E-state index contributed by atoms with van der Waals surface area (Å²) in [5, 5.41) is 11.6. The number of carbonyl (C=O) groups excluding carboxylic acids is 1. The third-order valence-corrected chi connectivity index (χ3v) is 2.49. The van der Waals surface area contributed by atoms with Crippen LogP contribution in [0.3, 0.4) is 0 Å². The average molecular weight is 186 g/mol. The van der Waals surface area contributed by atoms with E-state index in [0.717, 1.165) is 25.9 Å². The zero-order valence-electron chi connectivity index (χ0n) is 8.12. The highest BCUT2D eigenvalue weighted by Gasteiger charge is 2.23. The Morgan fingerprint density at radius 3 is 3.00 bits per heavy atom. The molecule has 0 aliphatic carbocycles. The first-order chi connectivity index (χ1) is 6.29. The first-order valence-corrected chi connectivity index (χ1v) is 4.95. The van der Waals surface area contributed by atoms with Crippen LogP contribution in [0.1, 0.15) is 26.2 Å². The van der Waals surface area contributed by atoms with Crippen molar-refractivity contribution in [3.63, 3.8) is 0 Å². The Morgan fingerprint density at radius 2 is 2.46 bits per heavy atom. The summed E-state index contributed by atoms with van der Waals surface area (Å²) in [4.78, 5) is 13.2. The minimum atomic E-state index is 0.0200. The molecule has 0 spiro atoms. The van der Waals surface area contributed by atoms with Gasteiger partial charge in [0.15, 0.2) is 0 Å². The number of hydrogen-bond acceptors (Lipinski definition) is 2. The quantitative estimate of drug-likeness (QED) is 0.674. The topological polar surface area (TPSA) is 52.6 Å². The Balaban J connectivity index is 2.49. The molecule has 1 unspecified atom stereocenters. The van der Waals surface area contributed by atoms with E-state index in [0.29, 0.717) is 6.42 Å². The number of amides is 2. The van der Waals surface area contributed by atoms with E-state index in [1.54, 1.807) is 0 Å². The zero-order valence-corrected chi connectivity index (χ0v) is 8.12. The fourth-order valence-electron chi connectivity index (χ4n) is 1.73. The first-order valence-electron chi connectivity index (χ1n) is 4.95. The van der Waals surface area contributed by atoms with Crippen LogP contribution in [0.25, 0.3) is 0 Å². The molecule has 1 aliphatic rings. The summed E-state index contributed by atoms with van der Waals surface area (Å²) < 4.78 is 0. The molecule has 2 amide bonds. The molecule has 1 atom stereocenters. The van der Waals surface area contributed by atoms with Gasteiger partial charge >= 0.3 is 6.03 Å². The maximum Gasteiger partial charge on any atom is 0.317 e. The van der Waals surface area contributed by atoms with Gasteiger partial charge in [-0.05, 0) is 19.3 Å². The number of nitrogens with one attached hydrogen (secondary N) is 1. The lowest BCUT2D eigenvalue weighted by atomic mass is 10.1. The summed E-state index contributed by atoms with van der Waals surface area (Å²) in [5.74, 6) is 0. The summed E-state index contributed by atoms with van der Waals surface area (Å²) in [6.07, 6.45) is 2.60. The highest BCUT2D eigenvalue weighted by atomic mass is 16.3. The van der Waals surface area contributed by atoms with Crippen molar-refractivity contribution in [3.8, 4) is 0 Å². The molecule has 1 fully saturated rings. The molecule has 4 heteroatoms. The van der Waals surface area contributed by atoms with Crippen molar-refractivity contribution in [2.75, 3.05) is 19.7 Å². The molecule has 0 radical (unpaired) electrons. The Kier molecular flexibility index (Phi) is 4.02. The molecule has 0 aromatic heterocycles. The molecule has 0 aromatic carbocycles. The van der Waals surface area contributed by atoms with Crippen LogP contribution < -0.4 is 5.32 Å². The van der Waals surface area contributed by atoms with E-state index in [1.165, 1.54) is 0 Å². The molecule has 1 rings (SSSR count). The molecule has 0 bridgehead atoms. The molecule has 4 nitrogen and oxygen atoms in total. The van der Waals surface area contributed by atoms with E-state index in [1.807, 2.05) is 11.8 Å². The largest absolute Gasteiger partial charge is 0.396 e. The van der Waals surface area contributed by atoms with Crippen LogP contribution in [0.15, 0.2) is 0 Å². The molecule has 0 aromatic rings. The minimum absolute atomic E-state index is 0.0200. The van der Waals surface area contributed by atoms with Gasteiger partial charge in [-0.3, -0.25) is 0 Å². The van der Waals surface area contributed by atoms with Crippen molar-refractivity contribution in [1.29, 1.82) is 0 Å². The SMILES string of the molecule is CCC(CCO)N1CCCNC1=O. The molecule has 2 N–H and O–H groups in total. The van der Waals surface area contributed by atoms with Crippen molar-refractivity contribution >= 4 is 6.03 Å². The fourth-order valence-corrected chi connectivity index (χ4v) is 1.73. The summed E-state index contributed by atoms with van der Waals surface area (Å²) in [7, 11) is 0. The third kappa shape index (κ3) is 2.59. The summed E-state index contributed by atoms with van der Waals surface area (Å²) in [5.41, 5.74) is 0. The number of hydrogen-bond donors (Lipinski definition) is 2. The lowest BCUT2D eigenvalue weighted by Crippen LogP contribution is -2.51. The standard InChI is InChI=1S/C9H18N2O2/c1-2-8(4-7-12)11-6-3-5-10-9(11)13/h8,12H,2-7H2,1H3,(H,10,13). The Morgan fingerprint density at radius 1 is 1.69 bits per heavy atom. The molecular formula is C9H18N2O2. The monoisotopic (exact) mass is 186 g/mol. The van der Waals surface area contributed by atoms with Gasteiger partial charge in [-0.2, -0.15) is 0 Å². The maximum atomic E-state index is 11.4. The number of carbonyl (C=O) groups is 1. The second-order valence-electron chi connectivity index (χ2n) is 3.35. The summed E-state index contributed by atoms with van der Waals surface area (Å²) in [6, 6.07) is 0.219. The zero-order chi connectivity index (χ0) is 9.68. The van der Waals surface area contributed by atoms with Gasteiger partial charge < -0.3 is 15.3 Å². The van der Waals surface area contributed by atoms with Crippen molar-refractivity contribution in [2.45, 2.75) is 32.2 Å². The number of aliphatic hydroxyl groups is 1. The van der Waals surface area contributed by atoms with E-state index >= 15 is 0 Å². The van der Waals surface area contributed by atoms with Gasteiger partial charge in [0.1, 0.15) is 0 Å². The van der Waals surface area contributed by atoms with Crippen LogP contribution in [-0.2, 0) is 0 Å². The molecule has 1 saturated heterocycles. The van der Waals surface area contributed by atoms with Crippen molar-refractivity contribution in [3.05, 3.63) is 0 Å². The highest BCUT2D eigenvalue weighted by Crippen LogP contribution is 2.11. The molecule has 1 heterocycles. The number of nitrogens with zero attached hydrogens (tertiary/aromatic N) is 1. The van der Waals surface area contributed by atoms with Crippen LogP contribution in [0.2, 0.25) is 0 Å². The summed E-state index contributed by atoms with van der Waals surface area (Å²) in [6.45, 7) is 3.81. The Hall–Kier alpha value is -0.770. The van der Waals surface area contributed by atoms with Crippen LogP contribution in [0, 0.1) is 0 Å². The van der Waals surface area contributed by atoms with Gasteiger partial charge in [0.05, 0.1) is 0 Å². The molecular weight excluding hydrogens is 168 g/mol. The van der Waals surface area contributed by atoms with Crippen LogP contribution in [0.5, 0.6) is 0 Å². The average Bonchev–Trinajstić information content (AvgIpc) is 2.16. The first kappa shape index (κ1) is 10.3. The molecule has 13 heavy (non-hydrogen) atoms. The van der Waals surface area contributed by atoms with Gasteiger partial charge in [-0.15, -0.1) is 0 Å². The van der Waals surface area contributed by atoms with Crippen molar-refractivity contribution < 1.29 is 9.90 Å². The van der Waals surface area contributed by atoms with Gasteiger partial charge in [0.25, 0.3) is 0 Å². The normalized spacial score (nSPS) is 19.8. The molecule has 0 saturated carbocycles. The fraction of sp³-hybridized carbons (Fsp3) is 0.889. The Bertz CT molecular complexity index is 173. The van der Waals surface area contributed by atoms with Gasteiger partial charge in [-0.1, -0.05) is 6.92 Å². The van der Waals surface area contributed by atoms with Crippen molar-refractivity contribution in [1.82, 2.24) is 10.2 Å². The predicted molar refractivity (Wildman–Crippen MR) is 50.5 cm³/mol. The van der Waals surface area contributed by atoms with Gasteiger partial charge in [0.2, 0.25) is 0 Å². The number of urea groups is 1. The molecule has 1 aliphatic heterocycles. The predicted octanol–water partition coefficient (Wildman–Crippen LogP) is 0.563. The van der Waals surface area contributed by atoms with E-state index in [2.05, 4.69) is 5.32 Å². The minimum Gasteiger partial charge on any atom is -0.396 e. The second-order valence-corrected chi connectivity index (χ2v) is 3.35. The molecule has 76 valence electrons. The van der Waals surface area contributed by atoms with E-state index in [-0.39, 0.29) is 18.7 Å². The third-order valence-electron chi connectivity index (χ3n) is 2.49. The highest BCUT2D eigenvalue weighted by molar-refractivity contribution is 5.75. The van der Waals surface area contributed by atoms with E-state index in [9.17, 15) is 4.79 Å². The van der Waals surface area contributed by atoms with Crippen molar-refractivity contribution in [2.24, 2.45) is 0 Å².